The van der Waals surface area contributed by atoms with E-state index in [9.17, 15) is 4.21 Å². The van der Waals surface area contributed by atoms with Crippen LogP contribution >= 0.6 is 0 Å². The van der Waals surface area contributed by atoms with Gasteiger partial charge in [-0.1, -0.05) is 37.3 Å². The lowest BCUT2D eigenvalue weighted by Crippen LogP contribution is -2.43. The van der Waals surface area contributed by atoms with Gasteiger partial charge in [0.15, 0.2) is 5.96 Å². The SMILES string of the molecule is CCC(C)NC(=NC)NCCS(=O)Cc1ccccc1. The van der Waals surface area contributed by atoms with Crippen LogP contribution in [0.5, 0.6) is 0 Å². The minimum Gasteiger partial charge on any atom is -0.355 e. The molecule has 0 aromatic heterocycles. The van der Waals surface area contributed by atoms with Gasteiger partial charge in [0.25, 0.3) is 0 Å². The summed E-state index contributed by atoms with van der Waals surface area (Å²) in [7, 11) is 0.899. The maximum atomic E-state index is 12.0. The van der Waals surface area contributed by atoms with E-state index >= 15 is 0 Å². The summed E-state index contributed by atoms with van der Waals surface area (Å²) in [5.41, 5.74) is 1.12. The van der Waals surface area contributed by atoms with E-state index in [1.54, 1.807) is 7.05 Å². The molecule has 0 bridgehead atoms. The summed E-state index contributed by atoms with van der Waals surface area (Å²) in [6.45, 7) is 4.90. The number of hydrogen-bond donors (Lipinski definition) is 2. The Kier molecular flexibility index (Phi) is 7.95. The average Bonchev–Trinajstić information content (AvgIpc) is 2.47. The Labute approximate surface area is 124 Å². The lowest BCUT2D eigenvalue weighted by Gasteiger charge is -2.16. The molecule has 1 rings (SSSR count). The first-order valence-corrected chi connectivity index (χ1v) is 8.50. The quantitative estimate of drug-likeness (QED) is 0.597. The van der Waals surface area contributed by atoms with Crippen molar-refractivity contribution in [1.29, 1.82) is 0 Å². The van der Waals surface area contributed by atoms with Crippen LogP contribution in [0.3, 0.4) is 0 Å². The predicted molar refractivity (Wildman–Crippen MR) is 87.4 cm³/mol. The number of aliphatic imine (C=N–C) groups is 1. The summed E-state index contributed by atoms with van der Waals surface area (Å²) in [4.78, 5) is 4.15. The van der Waals surface area contributed by atoms with Crippen molar-refractivity contribution in [1.82, 2.24) is 10.6 Å². The number of benzene rings is 1. The predicted octanol–water partition coefficient (Wildman–Crippen LogP) is 1.90. The molecule has 0 heterocycles. The Morgan fingerprint density at radius 3 is 2.65 bits per heavy atom. The first kappa shape index (κ1) is 16.7. The van der Waals surface area contributed by atoms with E-state index in [0.29, 0.717) is 24.1 Å². The maximum absolute atomic E-state index is 12.0. The Balaban J connectivity index is 2.27. The second-order valence-corrected chi connectivity index (χ2v) is 6.30. The number of nitrogens with one attached hydrogen (secondary N) is 2. The summed E-state index contributed by atoms with van der Waals surface area (Å²) in [6.07, 6.45) is 1.04. The molecule has 1 aromatic carbocycles. The van der Waals surface area contributed by atoms with Crippen LogP contribution < -0.4 is 10.6 Å². The summed E-state index contributed by atoms with van der Waals surface area (Å²) in [6, 6.07) is 10.3. The van der Waals surface area contributed by atoms with Gasteiger partial charge in [0.2, 0.25) is 0 Å². The van der Waals surface area contributed by atoms with Gasteiger partial charge in [-0.25, -0.2) is 0 Å². The molecule has 2 N–H and O–H groups in total. The van der Waals surface area contributed by atoms with Crippen LogP contribution in [0.4, 0.5) is 0 Å². The van der Waals surface area contributed by atoms with Gasteiger partial charge in [-0.2, -0.15) is 0 Å². The van der Waals surface area contributed by atoms with Gasteiger partial charge in [0.05, 0.1) is 0 Å². The van der Waals surface area contributed by atoms with Crippen molar-refractivity contribution in [3.8, 4) is 0 Å². The zero-order valence-corrected chi connectivity index (χ0v) is 13.4. The Morgan fingerprint density at radius 2 is 2.05 bits per heavy atom. The molecule has 0 spiro atoms. The normalized spacial score (nSPS) is 14.7. The molecule has 0 aliphatic rings. The third kappa shape index (κ3) is 6.70. The van der Waals surface area contributed by atoms with Gasteiger partial charge in [0.1, 0.15) is 0 Å². The van der Waals surface area contributed by atoms with Crippen LogP contribution in [0.2, 0.25) is 0 Å². The molecule has 0 radical (unpaired) electrons. The van der Waals surface area contributed by atoms with Crippen molar-refractivity contribution in [3.05, 3.63) is 35.9 Å². The minimum absolute atomic E-state index is 0.385. The van der Waals surface area contributed by atoms with E-state index < -0.39 is 10.8 Å². The van der Waals surface area contributed by atoms with Crippen LogP contribution in [-0.2, 0) is 16.6 Å². The standard InChI is InChI=1S/C15H25N3OS/c1-4-13(2)18-15(16-3)17-10-11-20(19)12-14-8-6-5-7-9-14/h5-9,13H,4,10-12H2,1-3H3,(H2,16,17,18). The lowest BCUT2D eigenvalue weighted by atomic mass is 10.2. The van der Waals surface area contributed by atoms with Gasteiger partial charge in [-0.05, 0) is 18.9 Å². The number of nitrogens with zero attached hydrogens (tertiary/aromatic N) is 1. The second-order valence-electron chi connectivity index (χ2n) is 4.73. The highest BCUT2D eigenvalue weighted by molar-refractivity contribution is 7.84. The van der Waals surface area contributed by atoms with E-state index in [2.05, 4.69) is 29.5 Å². The molecule has 2 atom stereocenters. The molecule has 2 unspecified atom stereocenters. The summed E-state index contributed by atoms with van der Waals surface area (Å²) >= 11 is 0. The number of rotatable bonds is 7. The fourth-order valence-electron chi connectivity index (χ4n) is 1.65. The van der Waals surface area contributed by atoms with Crippen LogP contribution in [0.15, 0.2) is 35.3 Å². The Hall–Kier alpha value is -1.36. The van der Waals surface area contributed by atoms with E-state index in [0.717, 1.165) is 17.9 Å². The highest BCUT2D eigenvalue weighted by Gasteiger charge is 2.04. The first-order valence-electron chi connectivity index (χ1n) is 7.01. The van der Waals surface area contributed by atoms with Crippen molar-refractivity contribution < 1.29 is 4.21 Å². The van der Waals surface area contributed by atoms with E-state index in [1.807, 2.05) is 30.3 Å². The van der Waals surface area contributed by atoms with Gasteiger partial charge in [0, 0.05) is 41.9 Å². The molecule has 0 saturated heterocycles. The van der Waals surface area contributed by atoms with Crippen molar-refractivity contribution in [2.75, 3.05) is 19.3 Å². The van der Waals surface area contributed by atoms with Gasteiger partial charge < -0.3 is 10.6 Å². The molecule has 5 heteroatoms. The third-order valence-corrected chi connectivity index (χ3v) is 4.33. The van der Waals surface area contributed by atoms with Crippen molar-refractivity contribution in [2.24, 2.45) is 4.99 Å². The molecule has 1 aromatic rings. The maximum Gasteiger partial charge on any atom is 0.191 e. The highest BCUT2D eigenvalue weighted by atomic mass is 32.2. The summed E-state index contributed by atoms with van der Waals surface area (Å²) in [5, 5.41) is 6.48. The van der Waals surface area contributed by atoms with E-state index in [-0.39, 0.29) is 0 Å². The van der Waals surface area contributed by atoms with Crippen LogP contribution in [-0.4, -0.2) is 35.6 Å². The Morgan fingerprint density at radius 1 is 1.35 bits per heavy atom. The van der Waals surface area contributed by atoms with Crippen LogP contribution in [0.1, 0.15) is 25.8 Å². The zero-order valence-electron chi connectivity index (χ0n) is 12.6. The molecule has 0 fully saturated rings. The summed E-state index contributed by atoms with van der Waals surface area (Å²) in [5.74, 6) is 2.01. The molecule has 0 amide bonds. The Bertz CT molecular complexity index is 434. The second kappa shape index (κ2) is 9.53. The molecular weight excluding hydrogens is 270 g/mol. The molecule has 0 saturated carbocycles. The van der Waals surface area contributed by atoms with Crippen LogP contribution in [0, 0.1) is 0 Å². The van der Waals surface area contributed by atoms with E-state index in [4.69, 9.17) is 0 Å². The van der Waals surface area contributed by atoms with Crippen molar-refractivity contribution in [3.63, 3.8) is 0 Å². The molecule has 0 aliphatic heterocycles. The molecule has 20 heavy (non-hydrogen) atoms. The first-order chi connectivity index (χ1) is 9.65. The average molecular weight is 295 g/mol. The van der Waals surface area contributed by atoms with Gasteiger partial charge in [-0.15, -0.1) is 0 Å². The molecule has 112 valence electrons. The topological polar surface area (TPSA) is 53.5 Å². The minimum atomic E-state index is -0.849. The van der Waals surface area contributed by atoms with Crippen LogP contribution in [0.25, 0.3) is 0 Å². The van der Waals surface area contributed by atoms with Crippen molar-refractivity contribution in [2.45, 2.75) is 32.1 Å². The van der Waals surface area contributed by atoms with Gasteiger partial charge >= 0.3 is 0 Å². The lowest BCUT2D eigenvalue weighted by molar-refractivity contribution is 0.626. The number of guanidine groups is 1. The largest absolute Gasteiger partial charge is 0.355 e. The molecule has 4 nitrogen and oxygen atoms in total. The smallest absolute Gasteiger partial charge is 0.191 e. The van der Waals surface area contributed by atoms with Crippen molar-refractivity contribution >= 4 is 16.8 Å². The third-order valence-electron chi connectivity index (χ3n) is 3.01. The number of hydrogen-bond acceptors (Lipinski definition) is 2. The molecule has 0 aliphatic carbocycles. The highest BCUT2D eigenvalue weighted by Crippen LogP contribution is 2.02. The fraction of sp³-hybridized carbons (Fsp3) is 0.533. The monoisotopic (exact) mass is 295 g/mol. The molecular formula is C15H25N3OS. The summed E-state index contributed by atoms with van der Waals surface area (Å²) < 4.78 is 12.0. The zero-order chi connectivity index (χ0) is 14.8. The fourth-order valence-corrected chi connectivity index (χ4v) is 2.68. The van der Waals surface area contributed by atoms with E-state index in [1.165, 1.54) is 0 Å². The van der Waals surface area contributed by atoms with Gasteiger partial charge in [-0.3, -0.25) is 9.20 Å².